The number of hydrogen-bond acceptors (Lipinski definition) is 3. The van der Waals surface area contributed by atoms with E-state index >= 15 is 0 Å². The molecular weight excluding hydrogens is 264 g/mol. The predicted octanol–water partition coefficient (Wildman–Crippen LogP) is 2.34. The van der Waals surface area contributed by atoms with Crippen molar-refractivity contribution in [3.05, 3.63) is 34.7 Å². The third-order valence-electron chi connectivity index (χ3n) is 4.16. The van der Waals surface area contributed by atoms with Gasteiger partial charge in [0, 0.05) is 5.41 Å². The SMILES string of the molecule is O=C(O)C1(c2ccc3c(c2)C=CS3(=O)=O)CCCC1. The van der Waals surface area contributed by atoms with Gasteiger partial charge in [-0.25, -0.2) is 8.42 Å². The van der Waals surface area contributed by atoms with Gasteiger partial charge in [0.05, 0.1) is 10.3 Å². The van der Waals surface area contributed by atoms with Gasteiger partial charge in [0.15, 0.2) is 9.84 Å². The van der Waals surface area contributed by atoms with E-state index < -0.39 is 21.2 Å². The van der Waals surface area contributed by atoms with Crippen LogP contribution in [0.4, 0.5) is 0 Å². The quantitative estimate of drug-likeness (QED) is 0.901. The Morgan fingerprint density at radius 2 is 1.89 bits per heavy atom. The average molecular weight is 278 g/mol. The van der Waals surface area contributed by atoms with E-state index in [2.05, 4.69) is 0 Å². The highest BCUT2D eigenvalue weighted by Crippen LogP contribution is 2.43. The molecule has 1 saturated carbocycles. The van der Waals surface area contributed by atoms with Crippen LogP contribution in [0.5, 0.6) is 0 Å². The Kier molecular flexibility index (Phi) is 2.57. The summed E-state index contributed by atoms with van der Waals surface area (Å²) < 4.78 is 23.4. The summed E-state index contributed by atoms with van der Waals surface area (Å²) in [7, 11) is -3.31. The highest BCUT2D eigenvalue weighted by Gasteiger charge is 2.43. The highest BCUT2D eigenvalue weighted by atomic mass is 32.2. The second-order valence-corrected chi connectivity index (χ2v) is 7.00. The number of hydrogen-bond donors (Lipinski definition) is 1. The molecule has 0 aromatic heterocycles. The zero-order valence-corrected chi connectivity index (χ0v) is 11.1. The zero-order valence-electron chi connectivity index (χ0n) is 10.3. The van der Waals surface area contributed by atoms with Crippen LogP contribution >= 0.6 is 0 Å². The number of carboxylic acids is 1. The first-order valence-electron chi connectivity index (χ1n) is 6.27. The summed E-state index contributed by atoms with van der Waals surface area (Å²) in [5.41, 5.74) is 0.484. The minimum atomic E-state index is -3.31. The Labute approximate surface area is 111 Å². The first-order chi connectivity index (χ1) is 8.96. The maximum atomic E-state index is 11.7. The van der Waals surface area contributed by atoms with Crippen LogP contribution in [0.15, 0.2) is 28.5 Å². The summed E-state index contributed by atoms with van der Waals surface area (Å²) in [5.74, 6) is -0.810. The van der Waals surface area contributed by atoms with Crippen molar-refractivity contribution in [2.45, 2.75) is 36.0 Å². The molecule has 1 aliphatic carbocycles. The minimum absolute atomic E-state index is 0.273. The molecule has 100 valence electrons. The topological polar surface area (TPSA) is 71.4 Å². The molecule has 1 N–H and O–H groups in total. The standard InChI is InChI=1S/C14H14O4S/c15-13(16)14(6-1-2-7-14)11-3-4-12-10(9-11)5-8-19(12,17)18/h3-5,8-9H,1-2,6-7H2,(H,15,16). The van der Waals surface area contributed by atoms with Crippen LogP contribution < -0.4 is 0 Å². The van der Waals surface area contributed by atoms with Crippen LogP contribution in [0.1, 0.15) is 36.8 Å². The third kappa shape index (κ3) is 1.72. The normalized spacial score (nSPS) is 22.3. The molecule has 0 amide bonds. The Balaban J connectivity index is 2.13. The van der Waals surface area contributed by atoms with Crippen molar-refractivity contribution in [1.82, 2.24) is 0 Å². The number of aliphatic carboxylic acids is 1. The molecule has 1 heterocycles. The molecule has 5 heteroatoms. The van der Waals surface area contributed by atoms with E-state index in [-0.39, 0.29) is 4.90 Å². The van der Waals surface area contributed by atoms with Crippen LogP contribution in [-0.4, -0.2) is 19.5 Å². The molecule has 0 saturated heterocycles. The first-order valence-corrected chi connectivity index (χ1v) is 7.81. The van der Waals surface area contributed by atoms with Crippen LogP contribution in [0.2, 0.25) is 0 Å². The summed E-state index contributed by atoms with van der Waals surface area (Å²) in [4.78, 5) is 11.9. The van der Waals surface area contributed by atoms with E-state index in [0.29, 0.717) is 18.4 Å². The maximum Gasteiger partial charge on any atom is 0.314 e. The lowest BCUT2D eigenvalue weighted by Gasteiger charge is -2.24. The predicted molar refractivity (Wildman–Crippen MR) is 70.4 cm³/mol. The van der Waals surface area contributed by atoms with Crippen molar-refractivity contribution in [3.63, 3.8) is 0 Å². The summed E-state index contributed by atoms with van der Waals surface area (Å²) in [5, 5.41) is 10.7. The largest absolute Gasteiger partial charge is 0.481 e. The van der Waals surface area contributed by atoms with Gasteiger partial charge in [-0.15, -0.1) is 0 Å². The summed E-state index contributed by atoms with van der Waals surface area (Å²) in [6.45, 7) is 0. The molecule has 1 fully saturated rings. The van der Waals surface area contributed by atoms with Gasteiger partial charge in [-0.2, -0.15) is 0 Å². The van der Waals surface area contributed by atoms with E-state index in [1.807, 2.05) is 0 Å². The van der Waals surface area contributed by atoms with Crippen LogP contribution in [0.25, 0.3) is 6.08 Å². The Morgan fingerprint density at radius 1 is 1.21 bits per heavy atom. The molecule has 19 heavy (non-hydrogen) atoms. The molecule has 0 unspecified atom stereocenters. The van der Waals surface area contributed by atoms with Gasteiger partial charge in [-0.1, -0.05) is 18.9 Å². The fraction of sp³-hybridized carbons (Fsp3) is 0.357. The molecule has 2 aliphatic rings. The fourth-order valence-corrected chi connectivity index (χ4v) is 4.26. The minimum Gasteiger partial charge on any atom is -0.481 e. The molecule has 0 atom stereocenters. The van der Waals surface area contributed by atoms with Crippen molar-refractivity contribution < 1.29 is 18.3 Å². The smallest absolute Gasteiger partial charge is 0.314 e. The lowest BCUT2D eigenvalue weighted by Crippen LogP contribution is -2.32. The monoisotopic (exact) mass is 278 g/mol. The summed E-state index contributed by atoms with van der Waals surface area (Å²) >= 11 is 0. The Bertz CT molecular complexity index is 679. The molecule has 1 aliphatic heterocycles. The van der Waals surface area contributed by atoms with Crippen LogP contribution in [-0.2, 0) is 20.0 Å². The maximum absolute atomic E-state index is 11.7. The molecular formula is C14H14O4S. The molecule has 0 radical (unpaired) electrons. The number of benzene rings is 1. The van der Waals surface area contributed by atoms with Crippen LogP contribution in [0.3, 0.4) is 0 Å². The number of carbonyl (C=O) groups is 1. The van der Waals surface area contributed by atoms with Crippen molar-refractivity contribution >= 4 is 21.9 Å². The van der Waals surface area contributed by atoms with Gasteiger partial charge in [0.25, 0.3) is 0 Å². The van der Waals surface area contributed by atoms with E-state index in [1.165, 1.54) is 11.5 Å². The van der Waals surface area contributed by atoms with E-state index in [9.17, 15) is 18.3 Å². The van der Waals surface area contributed by atoms with Gasteiger partial charge < -0.3 is 5.11 Å². The molecule has 0 spiro atoms. The van der Waals surface area contributed by atoms with E-state index in [0.717, 1.165) is 18.4 Å². The van der Waals surface area contributed by atoms with Crippen molar-refractivity contribution in [3.8, 4) is 0 Å². The molecule has 0 bridgehead atoms. The van der Waals surface area contributed by atoms with E-state index in [1.54, 1.807) is 18.2 Å². The van der Waals surface area contributed by atoms with Gasteiger partial charge in [-0.3, -0.25) is 4.79 Å². The highest BCUT2D eigenvalue weighted by molar-refractivity contribution is 7.94. The fourth-order valence-electron chi connectivity index (χ4n) is 3.08. The van der Waals surface area contributed by atoms with Gasteiger partial charge >= 0.3 is 5.97 Å². The number of fused-ring (bicyclic) bond motifs is 1. The van der Waals surface area contributed by atoms with Gasteiger partial charge in [-0.05, 0) is 42.2 Å². The lowest BCUT2D eigenvalue weighted by atomic mass is 9.78. The van der Waals surface area contributed by atoms with E-state index in [4.69, 9.17) is 0 Å². The first kappa shape index (κ1) is 12.4. The second kappa shape index (κ2) is 3.93. The Hall–Kier alpha value is -1.62. The van der Waals surface area contributed by atoms with Gasteiger partial charge in [0.2, 0.25) is 0 Å². The van der Waals surface area contributed by atoms with Crippen molar-refractivity contribution in [2.75, 3.05) is 0 Å². The molecule has 1 aromatic carbocycles. The number of carboxylic acid groups (broad SMARTS) is 1. The zero-order chi connectivity index (χ0) is 13.7. The molecule has 4 nitrogen and oxygen atoms in total. The molecule has 1 aromatic rings. The van der Waals surface area contributed by atoms with Gasteiger partial charge in [0.1, 0.15) is 0 Å². The summed E-state index contributed by atoms with van der Waals surface area (Å²) in [6, 6.07) is 4.90. The van der Waals surface area contributed by atoms with Crippen molar-refractivity contribution in [1.29, 1.82) is 0 Å². The lowest BCUT2D eigenvalue weighted by molar-refractivity contribution is -0.143. The summed E-state index contributed by atoms with van der Waals surface area (Å²) in [6.07, 6.45) is 4.59. The number of rotatable bonds is 2. The number of sulfone groups is 1. The van der Waals surface area contributed by atoms with Crippen LogP contribution in [0, 0.1) is 0 Å². The average Bonchev–Trinajstić information content (AvgIpc) is 2.96. The molecule has 3 rings (SSSR count). The van der Waals surface area contributed by atoms with Crippen molar-refractivity contribution in [2.24, 2.45) is 0 Å². The Morgan fingerprint density at radius 3 is 2.53 bits per heavy atom. The third-order valence-corrected chi connectivity index (χ3v) is 5.64. The second-order valence-electron chi connectivity index (χ2n) is 5.19.